The Bertz CT molecular complexity index is 786. The monoisotopic (exact) mass is 405 g/mol. The number of aromatic nitrogens is 1. The highest BCUT2D eigenvalue weighted by Gasteiger charge is 2.19. The molecule has 2 amide bonds. The summed E-state index contributed by atoms with van der Waals surface area (Å²) >= 11 is 1.33. The third-order valence-corrected chi connectivity index (χ3v) is 5.03. The number of thiazole rings is 1. The predicted octanol–water partition coefficient (Wildman–Crippen LogP) is 4.01. The largest absolute Gasteiger partial charge is 0.464 e. The van der Waals surface area contributed by atoms with Crippen molar-refractivity contribution in [1.29, 1.82) is 0 Å². The molecule has 0 unspecified atom stereocenters. The lowest BCUT2D eigenvalue weighted by molar-refractivity contribution is 0.0594. The highest BCUT2D eigenvalue weighted by Crippen LogP contribution is 2.21. The summed E-state index contributed by atoms with van der Waals surface area (Å²) in [6.45, 7) is 7.92. The van der Waals surface area contributed by atoms with Gasteiger partial charge in [0.15, 0.2) is 5.69 Å². The fraction of sp³-hybridized carbons (Fsp3) is 0.450. The molecule has 0 fully saturated rings. The molecule has 2 rings (SSSR count). The van der Waals surface area contributed by atoms with Crippen molar-refractivity contribution in [2.24, 2.45) is 0 Å². The number of hydrogen-bond donors (Lipinski definition) is 1. The van der Waals surface area contributed by atoms with Crippen LogP contribution in [0.5, 0.6) is 0 Å². The minimum Gasteiger partial charge on any atom is -0.464 e. The van der Waals surface area contributed by atoms with Gasteiger partial charge in [0.2, 0.25) is 0 Å². The van der Waals surface area contributed by atoms with Crippen LogP contribution in [-0.4, -0.2) is 48.8 Å². The number of para-hydroxylation sites is 1. The van der Waals surface area contributed by atoms with E-state index in [-0.39, 0.29) is 11.7 Å². The average Bonchev–Trinajstić information content (AvgIpc) is 3.15. The lowest BCUT2D eigenvalue weighted by atomic mass is 10.1. The second-order valence-electron chi connectivity index (χ2n) is 6.29. The van der Waals surface area contributed by atoms with Gasteiger partial charge in [-0.15, -0.1) is 11.3 Å². The second-order valence-corrected chi connectivity index (χ2v) is 7.23. The third kappa shape index (κ3) is 6.03. The number of aryl methyl sites for hydroxylation is 2. The van der Waals surface area contributed by atoms with E-state index in [0.717, 1.165) is 16.8 Å². The van der Waals surface area contributed by atoms with Crippen LogP contribution in [0, 0.1) is 13.8 Å². The first-order valence-corrected chi connectivity index (χ1v) is 10.1. The Balaban J connectivity index is 2.12. The zero-order valence-corrected chi connectivity index (χ0v) is 17.6. The van der Waals surface area contributed by atoms with E-state index in [4.69, 9.17) is 9.47 Å². The van der Waals surface area contributed by atoms with Crippen molar-refractivity contribution >= 4 is 29.0 Å². The van der Waals surface area contributed by atoms with Gasteiger partial charge in [-0.25, -0.2) is 14.6 Å². The molecule has 0 spiro atoms. The number of ether oxygens (including phenoxy) is 2. The Hall–Kier alpha value is -2.45. The molecule has 0 saturated heterocycles. The van der Waals surface area contributed by atoms with Crippen LogP contribution in [0.1, 0.15) is 40.0 Å². The summed E-state index contributed by atoms with van der Waals surface area (Å²) in [6.07, 6.45) is 0.712. The van der Waals surface area contributed by atoms with Crippen LogP contribution in [-0.2, 0) is 16.0 Å². The van der Waals surface area contributed by atoms with Crippen LogP contribution in [0.25, 0.3) is 0 Å². The number of rotatable bonds is 9. The molecule has 1 aromatic carbocycles. The highest BCUT2D eigenvalue weighted by molar-refractivity contribution is 7.09. The number of carbonyl (C=O) groups excluding carboxylic acids is 2. The van der Waals surface area contributed by atoms with Gasteiger partial charge in [0.05, 0.1) is 13.7 Å². The van der Waals surface area contributed by atoms with Crippen molar-refractivity contribution in [2.45, 2.75) is 33.7 Å². The van der Waals surface area contributed by atoms with Crippen molar-refractivity contribution < 1.29 is 19.1 Å². The molecule has 0 radical (unpaired) electrons. The fourth-order valence-corrected chi connectivity index (χ4v) is 3.47. The maximum Gasteiger partial charge on any atom is 0.357 e. The molecule has 0 bridgehead atoms. The topological polar surface area (TPSA) is 80.8 Å². The molecule has 0 saturated carbocycles. The van der Waals surface area contributed by atoms with Crippen LogP contribution >= 0.6 is 11.3 Å². The average molecular weight is 406 g/mol. The van der Waals surface area contributed by atoms with E-state index in [9.17, 15) is 9.59 Å². The van der Waals surface area contributed by atoms with Gasteiger partial charge in [0.1, 0.15) is 5.01 Å². The number of urea groups is 1. The standard InChI is InChI=1S/C20H27N3O4S/c1-5-27-11-7-10-23(12-17-21-16(13-28-17)19(24)26-4)20(25)22-18-14(2)8-6-9-15(18)3/h6,8-9,13H,5,7,10-12H2,1-4H3,(H,22,25). The molecule has 8 heteroatoms. The summed E-state index contributed by atoms with van der Waals surface area (Å²) in [7, 11) is 1.32. The van der Waals surface area contributed by atoms with E-state index in [1.165, 1.54) is 18.4 Å². The maximum atomic E-state index is 12.9. The first-order chi connectivity index (χ1) is 13.5. The normalized spacial score (nSPS) is 10.6. The highest BCUT2D eigenvalue weighted by atomic mass is 32.1. The van der Waals surface area contributed by atoms with E-state index >= 15 is 0 Å². The van der Waals surface area contributed by atoms with Crippen LogP contribution in [0.3, 0.4) is 0 Å². The van der Waals surface area contributed by atoms with Crippen LogP contribution in [0.4, 0.5) is 10.5 Å². The smallest absolute Gasteiger partial charge is 0.357 e. The van der Waals surface area contributed by atoms with Crippen molar-refractivity contribution in [3.05, 3.63) is 45.4 Å². The number of anilines is 1. The predicted molar refractivity (Wildman–Crippen MR) is 110 cm³/mol. The summed E-state index contributed by atoms with van der Waals surface area (Å²) in [6, 6.07) is 5.69. The molecular weight excluding hydrogens is 378 g/mol. The van der Waals surface area contributed by atoms with Crippen molar-refractivity contribution in [3.8, 4) is 0 Å². The number of amides is 2. The first-order valence-electron chi connectivity index (χ1n) is 9.18. The minimum absolute atomic E-state index is 0.205. The van der Waals surface area contributed by atoms with Gasteiger partial charge in [-0.2, -0.15) is 0 Å². The lowest BCUT2D eigenvalue weighted by Gasteiger charge is -2.23. The zero-order valence-electron chi connectivity index (χ0n) is 16.8. The fourth-order valence-electron chi connectivity index (χ4n) is 2.70. The van der Waals surface area contributed by atoms with Gasteiger partial charge in [0, 0.05) is 30.8 Å². The van der Waals surface area contributed by atoms with E-state index in [1.54, 1.807) is 10.3 Å². The number of nitrogens with one attached hydrogen (secondary N) is 1. The van der Waals surface area contributed by atoms with E-state index in [1.807, 2.05) is 39.0 Å². The molecule has 0 aliphatic rings. The van der Waals surface area contributed by atoms with Gasteiger partial charge in [-0.05, 0) is 38.3 Å². The van der Waals surface area contributed by atoms with E-state index in [2.05, 4.69) is 10.3 Å². The zero-order chi connectivity index (χ0) is 20.5. The molecule has 1 aromatic heterocycles. The molecule has 1 N–H and O–H groups in total. The van der Waals surface area contributed by atoms with Gasteiger partial charge in [-0.1, -0.05) is 18.2 Å². The molecule has 0 atom stereocenters. The number of benzene rings is 1. The molecule has 1 heterocycles. The molecule has 152 valence electrons. The van der Waals surface area contributed by atoms with Crippen LogP contribution < -0.4 is 5.32 Å². The Morgan fingerprint density at radius 2 is 1.96 bits per heavy atom. The second kappa shape index (κ2) is 10.8. The Morgan fingerprint density at radius 3 is 2.61 bits per heavy atom. The minimum atomic E-state index is -0.481. The summed E-state index contributed by atoms with van der Waals surface area (Å²) in [5.74, 6) is -0.481. The Labute approximate surface area is 169 Å². The van der Waals surface area contributed by atoms with Crippen molar-refractivity contribution in [2.75, 3.05) is 32.2 Å². The van der Waals surface area contributed by atoms with Crippen LogP contribution in [0.2, 0.25) is 0 Å². The summed E-state index contributed by atoms with van der Waals surface area (Å²) < 4.78 is 10.1. The van der Waals surface area contributed by atoms with Gasteiger partial charge in [-0.3, -0.25) is 0 Å². The number of carbonyl (C=O) groups is 2. The van der Waals surface area contributed by atoms with Crippen molar-refractivity contribution in [1.82, 2.24) is 9.88 Å². The molecule has 0 aliphatic heterocycles. The van der Waals surface area contributed by atoms with Gasteiger partial charge >= 0.3 is 12.0 Å². The quantitative estimate of drug-likeness (QED) is 0.504. The van der Waals surface area contributed by atoms with E-state index < -0.39 is 5.97 Å². The molecular formula is C20H27N3O4S. The molecule has 2 aromatic rings. The van der Waals surface area contributed by atoms with Gasteiger partial charge in [0.25, 0.3) is 0 Å². The summed E-state index contributed by atoms with van der Waals surface area (Å²) in [5, 5.41) is 5.33. The van der Waals surface area contributed by atoms with E-state index in [0.29, 0.717) is 37.7 Å². The SMILES string of the molecule is CCOCCCN(Cc1nc(C(=O)OC)cs1)C(=O)Nc1c(C)cccc1C. The molecule has 0 aliphatic carbocycles. The third-order valence-electron chi connectivity index (χ3n) is 4.19. The summed E-state index contributed by atoms with van der Waals surface area (Å²) in [4.78, 5) is 30.5. The number of hydrogen-bond acceptors (Lipinski definition) is 6. The summed E-state index contributed by atoms with van der Waals surface area (Å²) in [5.41, 5.74) is 3.08. The lowest BCUT2D eigenvalue weighted by Crippen LogP contribution is -2.36. The number of nitrogens with zero attached hydrogens (tertiary/aromatic N) is 2. The van der Waals surface area contributed by atoms with Gasteiger partial charge < -0.3 is 19.7 Å². The first kappa shape index (κ1) is 21.8. The molecule has 28 heavy (non-hydrogen) atoms. The Morgan fingerprint density at radius 1 is 1.25 bits per heavy atom. The molecule has 7 nitrogen and oxygen atoms in total. The number of methoxy groups -OCH3 is 1. The number of esters is 1. The van der Waals surface area contributed by atoms with Crippen molar-refractivity contribution in [3.63, 3.8) is 0 Å². The van der Waals surface area contributed by atoms with Crippen LogP contribution in [0.15, 0.2) is 23.6 Å². The maximum absolute atomic E-state index is 12.9. The Kier molecular flexibility index (Phi) is 8.41.